The number of thioether (sulfide) groups is 1. The van der Waals surface area contributed by atoms with Crippen molar-refractivity contribution < 1.29 is 9.72 Å². The Kier molecular flexibility index (Phi) is 4.55. The number of nitro benzene ring substituents is 1. The zero-order valence-corrected chi connectivity index (χ0v) is 12.6. The first-order valence-corrected chi connectivity index (χ1v) is 7.85. The van der Waals surface area contributed by atoms with E-state index in [0.717, 1.165) is 12.8 Å². The molecule has 0 unspecified atom stereocenters. The van der Waals surface area contributed by atoms with Gasteiger partial charge in [-0.2, -0.15) is 11.8 Å². The van der Waals surface area contributed by atoms with Crippen LogP contribution in [-0.4, -0.2) is 28.4 Å². The Morgan fingerprint density at radius 1 is 1.55 bits per heavy atom. The Hall–Kier alpha value is -1.27. The largest absolute Gasteiger partial charge is 0.351 e. The number of non-ortho nitro benzene ring substituents is 1. The Morgan fingerprint density at radius 3 is 2.70 bits per heavy atom. The quantitative estimate of drug-likeness (QED) is 0.669. The van der Waals surface area contributed by atoms with Gasteiger partial charge in [-0.25, -0.2) is 0 Å². The van der Waals surface area contributed by atoms with Gasteiger partial charge in [-0.1, -0.05) is 18.0 Å². The van der Waals surface area contributed by atoms with Gasteiger partial charge in [0.15, 0.2) is 0 Å². The van der Waals surface area contributed by atoms with E-state index in [0.29, 0.717) is 6.54 Å². The van der Waals surface area contributed by atoms with E-state index in [1.165, 1.54) is 24.6 Å². The van der Waals surface area contributed by atoms with Gasteiger partial charge in [-0.15, -0.1) is 0 Å². The molecule has 1 aliphatic rings. The van der Waals surface area contributed by atoms with Crippen molar-refractivity contribution in [3.8, 4) is 0 Å². The number of nitro groups is 1. The van der Waals surface area contributed by atoms with Crippen molar-refractivity contribution >= 4 is 35.0 Å². The standard InChI is InChI=1S/C13H15ClN2O3S/c1-20-13(5-2-6-13)8-15-12(17)10-4-3-9(16(18)19)7-11(10)14/h3-4,7H,2,5-6,8H2,1H3,(H,15,17). The monoisotopic (exact) mass is 314 g/mol. The van der Waals surface area contributed by atoms with Crippen LogP contribution < -0.4 is 5.32 Å². The molecule has 0 spiro atoms. The molecule has 0 saturated heterocycles. The molecule has 1 saturated carbocycles. The van der Waals surface area contributed by atoms with Crippen LogP contribution in [0.2, 0.25) is 5.02 Å². The van der Waals surface area contributed by atoms with Gasteiger partial charge in [0.25, 0.3) is 11.6 Å². The average Bonchev–Trinajstić information content (AvgIpc) is 2.37. The van der Waals surface area contributed by atoms with Crippen molar-refractivity contribution in [2.75, 3.05) is 12.8 Å². The second kappa shape index (κ2) is 6.01. The minimum Gasteiger partial charge on any atom is -0.351 e. The van der Waals surface area contributed by atoms with Crippen LogP contribution in [0.4, 0.5) is 5.69 Å². The molecular weight excluding hydrogens is 300 g/mol. The van der Waals surface area contributed by atoms with Crippen LogP contribution >= 0.6 is 23.4 Å². The van der Waals surface area contributed by atoms with Crippen LogP contribution in [-0.2, 0) is 0 Å². The SMILES string of the molecule is CSC1(CNC(=O)c2ccc([N+](=O)[O-])cc2Cl)CCC1. The molecule has 0 bridgehead atoms. The lowest BCUT2D eigenvalue weighted by atomic mass is 9.84. The lowest BCUT2D eigenvalue weighted by Crippen LogP contribution is -2.45. The summed E-state index contributed by atoms with van der Waals surface area (Å²) in [7, 11) is 0. The number of nitrogens with one attached hydrogen (secondary N) is 1. The molecule has 1 aromatic rings. The molecule has 0 heterocycles. The number of carbonyl (C=O) groups excluding carboxylic acids is 1. The Morgan fingerprint density at radius 2 is 2.25 bits per heavy atom. The summed E-state index contributed by atoms with van der Waals surface area (Å²) in [6.45, 7) is 0.598. The number of rotatable bonds is 5. The molecule has 108 valence electrons. The van der Waals surface area contributed by atoms with E-state index in [-0.39, 0.29) is 26.9 Å². The van der Waals surface area contributed by atoms with Crippen LogP contribution in [0.5, 0.6) is 0 Å². The zero-order chi connectivity index (χ0) is 14.8. The highest BCUT2D eigenvalue weighted by Crippen LogP contribution is 2.42. The minimum absolute atomic E-state index is 0.100. The average molecular weight is 315 g/mol. The highest BCUT2D eigenvalue weighted by Gasteiger charge is 2.36. The Balaban J connectivity index is 2.04. The topological polar surface area (TPSA) is 72.2 Å². The van der Waals surface area contributed by atoms with Gasteiger partial charge in [0.1, 0.15) is 0 Å². The summed E-state index contributed by atoms with van der Waals surface area (Å²) in [5, 5.41) is 13.6. The number of hydrogen-bond donors (Lipinski definition) is 1. The fourth-order valence-electron chi connectivity index (χ4n) is 2.16. The molecule has 1 aromatic carbocycles. The highest BCUT2D eigenvalue weighted by molar-refractivity contribution is 8.00. The third-order valence-electron chi connectivity index (χ3n) is 3.68. The van der Waals surface area contributed by atoms with Crippen molar-refractivity contribution in [3.05, 3.63) is 38.9 Å². The summed E-state index contributed by atoms with van der Waals surface area (Å²) >= 11 is 7.70. The van der Waals surface area contributed by atoms with E-state index in [1.807, 2.05) is 6.26 Å². The predicted molar refractivity (Wildman–Crippen MR) is 80.5 cm³/mol. The maximum atomic E-state index is 12.1. The fourth-order valence-corrected chi connectivity index (χ4v) is 3.34. The molecule has 2 rings (SSSR count). The first-order valence-electron chi connectivity index (χ1n) is 6.25. The molecule has 1 fully saturated rings. The van der Waals surface area contributed by atoms with Gasteiger partial charge in [-0.05, 0) is 25.2 Å². The maximum Gasteiger partial charge on any atom is 0.270 e. The first-order chi connectivity index (χ1) is 9.47. The van der Waals surface area contributed by atoms with Crippen LogP contribution in [0.3, 0.4) is 0 Å². The fraction of sp³-hybridized carbons (Fsp3) is 0.462. The van der Waals surface area contributed by atoms with E-state index < -0.39 is 4.92 Å². The van der Waals surface area contributed by atoms with Crippen LogP contribution in [0, 0.1) is 10.1 Å². The van der Waals surface area contributed by atoms with Crippen molar-refractivity contribution in [2.24, 2.45) is 0 Å². The van der Waals surface area contributed by atoms with E-state index in [2.05, 4.69) is 5.32 Å². The number of carbonyl (C=O) groups is 1. The lowest BCUT2D eigenvalue weighted by molar-refractivity contribution is -0.384. The molecule has 0 aliphatic heterocycles. The third kappa shape index (κ3) is 3.07. The molecule has 20 heavy (non-hydrogen) atoms. The predicted octanol–water partition coefficient (Wildman–Crippen LogP) is 3.26. The van der Waals surface area contributed by atoms with Crippen LogP contribution in [0.15, 0.2) is 18.2 Å². The summed E-state index contributed by atoms with van der Waals surface area (Å²) in [6.07, 6.45) is 5.43. The second-order valence-electron chi connectivity index (χ2n) is 4.84. The maximum absolute atomic E-state index is 12.1. The van der Waals surface area contributed by atoms with Crippen molar-refractivity contribution in [1.82, 2.24) is 5.32 Å². The van der Waals surface area contributed by atoms with Crippen molar-refractivity contribution in [2.45, 2.75) is 24.0 Å². The second-order valence-corrected chi connectivity index (χ2v) is 6.53. The van der Waals surface area contributed by atoms with Crippen LogP contribution in [0.1, 0.15) is 29.6 Å². The first kappa shape index (κ1) is 15.1. The number of hydrogen-bond acceptors (Lipinski definition) is 4. The van der Waals surface area contributed by atoms with Gasteiger partial charge in [-0.3, -0.25) is 14.9 Å². The molecule has 1 amide bonds. The number of nitrogens with zero attached hydrogens (tertiary/aromatic N) is 1. The highest BCUT2D eigenvalue weighted by atomic mass is 35.5. The van der Waals surface area contributed by atoms with Gasteiger partial charge in [0, 0.05) is 23.4 Å². The molecule has 7 heteroatoms. The van der Waals surface area contributed by atoms with Gasteiger partial charge < -0.3 is 5.32 Å². The van der Waals surface area contributed by atoms with Crippen molar-refractivity contribution in [1.29, 1.82) is 0 Å². The van der Waals surface area contributed by atoms with Crippen molar-refractivity contribution in [3.63, 3.8) is 0 Å². The van der Waals surface area contributed by atoms with Crippen LogP contribution in [0.25, 0.3) is 0 Å². The summed E-state index contributed by atoms with van der Waals surface area (Å²) in [6, 6.07) is 3.88. The third-order valence-corrected chi connectivity index (χ3v) is 5.41. The summed E-state index contributed by atoms with van der Waals surface area (Å²) < 4.78 is 0.142. The Labute approximate surface area is 126 Å². The normalized spacial score (nSPS) is 16.3. The molecule has 0 atom stereocenters. The summed E-state index contributed by atoms with van der Waals surface area (Å²) in [5.41, 5.74) is 0.152. The number of halogens is 1. The van der Waals surface area contributed by atoms with E-state index in [9.17, 15) is 14.9 Å². The van der Waals surface area contributed by atoms with Gasteiger partial charge in [0.2, 0.25) is 0 Å². The zero-order valence-electron chi connectivity index (χ0n) is 11.0. The lowest BCUT2D eigenvalue weighted by Gasteiger charge is -2.40. The molecule has 0 aromatic heterocycles. The molecule has 5 nitrogen and oxygen atoms in total. The Bertz CT molecular complexity index is 541. The number of benzene rings is 1. The minimum atomic E-state index is -0.537. The molecule has 0 radical (unpaired) electrons. The van der Waals surface area contributed by atoms with E-state index >= 15 is 0 Å². The number of amides is 1. The van der Waals surface area contributed by atoms with E-state index in [1.54, 1.807) is 11.8 Å². The molecule has 1 aliphatic carbocycles. The van der Waals surface area contributed by atoms with E-state index in [4.69, 9.17) is 11.6 Å². The molecule has 1 N–H and O–H groups in total. The summed E-state index contributed by atoms with van der Waals surface area (Å²) in [5.74, 6) is -0.287. The van der Waals surface area contributed by atoms with Gasteiger partial charge in [0.05, 0.1) is 15.5 Å². The molecular formula is C13H15ClN2O3S. The smallest absolute Gasteiger partial charge is 0.270 e. The van der Waals surface area contributed by atoms with Gasteiger partial charge >= 0.3 is 0 Å². The summed E-state index contributed by atoms with van der Waals surface area (Å²) in [4.78, 5) is 22.2.